The Labute approximate surface area is 195 Å². The lowest BCUT2D eigenvalue weighted by Crippen LogP contribution is -2.38. The molecule has 1 aliphatic heterocycles. The molecule has 2 aliphatic rings. The highest BCUT2D eigenvalue weighted by Gasteiger charge is 2.51. The molecule has 1 aliphatic carbocycles. The summed E-state index contributed by atoms with van der Waals surface area (Å²) in [6.45, 7) is 1.75. The number of thiazole rings is 1. The third-order valence-corrected chi connectivity index (χ3v) is 8.75. The summed E-state index contributed by atoms with van der Waals surface area (Å²) >= 11 is 1.45. The molecule has 0 unspecified atom stereocenters. The Morgan fingerprint density at radius 1 is 1.18 bits per heavy atom. The van der Waals surface area contributed by atoms with Gasteiger partial charge in [0.1, 0.15) is 12.4 Å². The Balaban J connectivity index is 1.45. The second-order valence-corrected chi connectivity index (χ2v) is 11.3. The largest absolute Gasteiger partial charge is 0.488 e. The van der Waals surface area contributed by atoms with E-state index in [1.165, 1.54) is 11.3 Å². The van der Waals surface area contributed by atoms with E-state index in [-0.39, 0.29) is 18.0 Å². The van der Waals surface area contributed by atoms with Gasteiger partial charge in [-0.05, 0) is 55.2 Å². The first-order valence-electron chi connectivity index (χ1n) is 10.3. The molecule has 1 amide bonds. The van der Waals surface area contributed by atoms with Gasteiger partial charge < -0.3 is 4.74 Å². The van der Waals surface area contributed by atoms with Gasteiger partial charge in [-0.3, -0.25) is 9.59 Å². The summed E-state index contributed by atoms with van der Waals surface area (Å²) < 4.78 is 32.2. The van der Waals surface area contributed by atoms with Crippen molar-refractivity contribution >= 4 is 39.1 Å². The molecule has 2 heterocycles. The molecule has 1 fully saturated rings. The van der Waals surface area contributed by atoms with E-state index < -0.39 is 20.7 Å². The number of ketones is 1. The van der Waals surface area contributed by atoms with Crippen LogP contribution in [-0.4, -0.2) is 36.4 Å². The van der Waals surface area contributed by atoms with Crippen LogP contribution in [0.1, 0.15) is 46.2 Å². The summed E-state index contributed by atoms with van der Waals surface area (Å²) in [4.78, 5) is 30.0. The van der Waals surface area contributed by atoms with Gasteiger partial charge >= 0.3 is 0 Å². The van der Waals surface area contributed by atoms with E-state index in [1.807, 2.05) is 5.38 Å². The zero-order chi connectivity index (χ0) is 23.2. The number of nitrogens with zero attached hydrogens (tertiary/aromatic N) is 1. The maximum Gasteiger partial charge on any atom is 0.265 e. The first-order chi connectivity index (χ1) is 15.8. The molecule has 3 aromatic rings. The van der Waals surface area contributed by atoms with Gasteiger partial charge in [-0.1, -0.05) is 24.3 Å². The molecule has 7 nitrogen and oxygen atoms in total. The van der Waals surface area contributed by atoms with Crippen LogP contribution in [-0.2, 0) is 10.0 Å². The van der Waals surface area contributed by atoms with E-state index in [0.29, 0.717) is 46.5 Å². The minimum absolute atomic E-state index is 0.117. The molecule has 5 rings (SSSR count). The molecule has 9 heteroatoms. The molecular formula is C24H20N2O5S2. The van der Waals surface area contributed by atoms with Crippen molar-refractivity contribution in [2.45, 2.75) is 24.5 Å². The van der Waals surface area contributed by atoms with E-state index in [1.54, 1.807) is 61.0 Å². The van der Waals surface area contributed by atoms with Crippen molar-refractivity contribution in [3.05, 3.63) is 75.7 Å². The summed E-state index contributed by atoms with van der Waals surface area (Å²) in [7, 11) is -3.76. The molecular weight excluding hydrogens is 460 g/mol. The number of fused-ring (bicyclic) bond motifs is 1. The number of hydrogen-bond donors (Lipinski definition) is 1. The smallest absolute Gasteiger partial charge is 0.265 e. The fraction of sp³-hybridized carbons (Fsp3) is 0.208. The van der Waals surface area contributed by atoms with Crippen LogP contribution in [0.15, 0.2) is 58.9 Å². The summed E-state index contributed by atoms with van der Waals surface area (Å²) in [5, 5.41) is 1.85. The molecule has 168 valence electrons. The van der Waals surface area contributed by atoms with Crippen LogP contribution in [0.2, 0.25) is 0 Å². The van der Waals surface area contributed by atoms with Gasteiger partial charge in [0.05, 0.1) is 21.5 Å². The number of carbonyl (C=O) groups excluding carboxylic acids is 2. The number of Topliss-reactive ketones (excluding diaryl/α,β-unsaturated/α-hetero) is 1. The molecule has 33 heavy (non-hydrogen) atoms. The second-order valence-electron chi connectivity index (χ2n) is 8.34. The fourth-order valence-corrected chi connectivity index (χ4v) is 5.40. The SMILES string of the molecule is CC1(S(=O)(=O)NC(=O)c2ccccc2-c2ccc3c(c2)OCC(=Cc2cscn2)C3=O)CC1. The Kier molecular flexibility index (Phi) is 5.18. The molecule has 1 aromatic heterocycles. The number of hydrogen-bond acceptors (Lipinski definition) is 7. The third-order valence-electron chi connectivity index (χ3n) is 5.99. The Hall–Kier alpha value is -3.30. The quantitative estimate of drug-likeness (QED) is 0.552. The van der Waals surface area contributed by atoms with Crippen LogP contribution in [0.3, 0.4) is 0 Å². The predicted molar refractivity (Wildman–Crippen MR) is 126 cm³/mol. The summed E-state index contributed by atoms with van der Waals surface area (Å²) in [5.41, 5.74) is 4.78. The lowest BCUT2D eigenvalue weighted by molar-refractivity contribution is 0.0978. The van der Waals surface area contributed by atoms with Crippen LogP contribution in [0.25, 0.3) is 17.2 Å². The number of benzene rings is 2. The molecule has 0 spiro atoms. The highest BCUT2D eigenvalue weighted by molar-refractivity contribution is 7.91. The van der Waals surface area contributed by atoms with E-state index in [0.717, 1.165) is 0 Å². The van der Waals surface area contributed by atoms with E-state index >= 15 is 0 Å². The molecule has 1 saturated carbocycles. The number of nitrogens with one attached hydrogen (secondary N) is 1. The molecule has 2 aromatic carbocycles. The lowest BCUT2D eigenvalue weighted by atomic mass is 9.94. The zero-order valence-corrected chi connectivity index (χ0v) is 19.3. The van der Waals surface area contributed by atoms with E-state index in [4.69, 9.17) is 4.74 Å². The predicted octanol–water partition coefficient (Wildman–Crippen LogP) is 4.08. The minimum atomic E-state index is -3.76. The van der Waals surface area contributed by atoms with Gasteiger partial charge in [0.25, 0.3) is 5.91 Å². The molecule has 0 atom stereocenters. The molecule has 1 N–H and O–H groups in total. The van der Waals surface area contributed by atoms with Gasteiger partial charge in [0, 0.05) is 16.5 Å². The van der Waals surface area contributed by atoms with Gasteiger partial charge in [-0.25, -0.2) is 18.1 Å². The Morgan fingerprint density at radius 2 is 1.97 bits per heavy atom. The Bertz CT molecular complexity index is 1400. The first kappa shape index (κ1) is 21.5. The van der Waals surface area contributed by atoms with Crippen LogP contribution in [0.4, 0.5) is 0 Å². The van der Waals surface area contributed by atoms with Crippen molar-refractivity contribution in [1.29, 1.82) is 0 Å². The van der Waals surface area contributed by atoms with Crippen molar-refractivity contribution in [3.63, 3.8) is 0 Å². The molecule has 0 radical (unpaired) electrons. The number of sulfonamides is 1. The standard InChI is InChI=1S/C24H20N2O5S2/c1-24(8-9-24)33(29,30)26-23(28)19-5-3-2-4-18(19)15-6-7-20-21(11-15)31-12-16(22(20)27)10-17-13-32-14-25-17/h2-7,10-11,13-14H,8-9,12H2,1H3,(H,26,28). The average molecular weight is 481 g/mol. The van der Waals surface area contributed by atoms with E-state index in [2.05, 4.69) is 9.71 Å². The number of aromatic nitrogens is 1. The summed E-state index contributed by atoms with van der Waals surface area (Å²) in [5.74, 6) is -0.395. The maximum atomic E-state index is 12.9. The highest BCUT2D eigenvalue weighted by atomic mass is 32.2. The number of rotatable bonds is 5. The topological polar surface area (TPSA) is 102 Å². The van der Waals surface area contributed by atoms with Crippen molar-refractivity contribution in [1.82, 2.24) is 9.71 Å². The molecule has 0 saturated heterocycles. The highest BCUT2D eigenvalue weighted by Crippen LogP contribution is 2.42. The number of amides is 1. The third kappa shape index (κ3) is 3.98. The summed E-state index contributed by atoms with van der Waals surface area (Å²) in [6, 6.07) is 11.9. The first-order valence-corrected chi connectivity index (χ1v) is 12.8. The van der Waals surface area contributed by atoms with E-state index in [9.17, 15) is 18.0 Å². The van der Waals surface area contributed by atoms with Crippen LogP contribution >= 0.6 is 11.3 Å². The Morgan fingerprint density at radius 3 is 2.70 bits per heavy atom. The monoisotopic (exact) mass is 480 g/mol. The zero-order valence-electron chi connectivity index (χ0n) is 17.7. The average Bonchev–Trinajstić information content (AvgIpc) is 3.36. The maximum absolute atomic E-state index is 12.9. The summed E-state index contributed by atoms with van der Waals surface area (Å²) in [6.07, 6.45) is 2.79. The van der Waals surface area contributed by atoms with Crippen molar-refractivity contribution < 1.29 is 22.7 Å². The lowest BCUT2D eigenvalue weighted by Gasteiger charge is -2.20. The van der Waals surface area contributed by atoms with Crippen LogP contribution in [0, 0.1) is 0 Å². The van der Waals surface area contributed by atoms with Gasteiger partial charge in [0.15, 0.2) is 5.78 Å². The van der Waals surface area contributed by atoms with Crippen LogP contribution in [0.5, 0.6) is 5.75 Å². The number of carbonyl (C=O) groups is 2. The van der Waals surface area contributed by atoms with Gasteiger partial charge in [-0.15, -0.1) is 11.3 Å². The molecule has 0 bridgehead atoms. The minimum Gasteiger partial charge on any atom is -0.488 e. The normalized spacial score (nSPS) is 17.8. The van der Waals surface area contributed by atoms with Gasteiger partial charge in [-0.2, -0.15) is 0 Å². The van der Waals surface area contributed by atoms with Crippen LogP contribution < -0.4 is 9.46 Å². The number of ether oxygens (including phenoxy) is 1. The second kappa shape index (κ2) is 7.93. The van der Waals surface area contributed by atoms with Gasteiger partial charge in [0.2, 0.25) is 10.0 Å². The van der Waals surface area contributed by atoms with Crippen molar-refractivity contribution in [2.24, 2.45) is 0 Å². The fourth-order valence-electron chi connectivity index (χ4n) is 3.65. The van der Waals surface area contributed by atoms with Crippen molar-refractivity contribution in [3.8, 4) is 16.9 Å². The van der Waals surface area contributed by atoms with Crippen molar-refractivity contribution in [2.75, 3.05) is 6.61 Å².